The van der Waals surface area contributed by atoms with Crippen LogP contribution in [0.2, 0.25) is 0 Å². The van der Waals surface area contributed by atoms with Gasteiger partial charge in [-0.3, -0.25) is 0 Å². The third kappa shape index (κ3) is 2.53. The number of benzene rings is 1. The zero-order valence-electron chi connectivity index (χ0n) is 8.76. The Balaban J connectivity index is 2.20. The van der Waals surface area contributed by atoms with Crippen LogP contribution in [0.1, 0.15) is 30.9 Å². The molecule has 0 radical (unpaired) electrons. The molecule has 1 aliphatic rings. The molecule has 0 saturated heterocycles. The van der Waals surface area contributed by atoms with Crippen molar-refractivity contribution in [3.05, 3.63) is 35.4 Å². The van der Waals surface area contributed by atoms with E-state index in [1.807, 2.05) is 18.2 Å². The van der Waals surface area contributed by atoms with Gasteiger partial charge in [-0.1, -0.05) is 24.3 Å². The molecule has 0 amide bonds. The number of halogens is 2. The molecular formula is C12H15F2N. The Hall–Kier alpha value is -0.960. The van der Waals surface area contributed by atoms with Crippen molar-refractivity contribution >= 4 is 0 Å². The van der Waals surface area contributed by atoms with Gasteiger partial charge in [0.05, 0.1) is 0 Å². The van der Waals surface area contributed by atoms with E-state index in [4.69, 9.17) is 5.73 Å². The van der Waals surface area contributed by atoms with Crippen molar-refractivity contribution in [2.75, 3.05) is 0 Å². The normalized spacial score (nSPS) is 18.9. The smallest absolute Gasteiger partial charge is 0.249 e. The first-order valence-corrected chi connectivity index (χ1v) is 5.15. The van der Waals surface area contributed by atoms with Crippen molar-refractivity contribution in [1.82, 2.24) is 0 Å². The molecule has 0 heterocycles. The summed E-state index contributed by atoms with van der Waals surface area (Å²) in [5, 5.41) is 0. The average Bonchev–Trinajstić information content (AvgIpc) is 2.82. The molecule has 1 nitrogen and oxygen atoms in total. The Kier molecular flexibility index (Phi) is 2.30. The Morgan fingerprint density at radius 1 is 1.40 bits per heavy atom. The first kappa shape index (κ1) is 10.6. The third-order valence-corrected chi connectivity index (χ3v) is 2.81. The van der Waals surface area contributed by atoms with Crippen LogP contribution >= 0.6 is 0 Å². The minimum Gasteiger partial charge on any atom is -0.321 e. The molecule has 15 heavy (non-hydrogen) atoms. The van der Waals surface area contributed by atoms with E-state index < -0.39 is 5.92 Å². The quantitative estimate of drug-likeness (QED) is 0.817. The van der Waals surface area contributed by atoms with Gasteiger partial charge in [0, 0.05) is 12.0 Å². The maximum atomic E-state index is 12.8. The van der Waals surface area contributed by atoms with Gasteiger partial charge in [0.1, 0.15) is 0 Å². The highest BCUT2D eigenvalue weighted by Gasteiger charge is 2.40. The maximum Gasteiger partial charge on any atom is 0.249 e. The van der Waals surface area contributed by atoms with Crippen molar-refractivity contribution in [2.45, 2.75) is 37.6 Å². The second kappa shape index (κ2) is 3.27. The fraction of sp³-hybridized carbons (Fsp3) is 0.500. The summed E-state index contributed by atoms with van der Waals surface area (Å²) in [4.78, 5) is 0. The molecule has 2 N–H and O–H groups in total. The number of nitrogens with two attached hydrogens (primary N) is 1. The van der Waals surface area contributed by atoms with Crippen molar-refractivity contribution < 1.29 is 8.78 Å². The van der Waals surface area contributed by atoms with Gasteiger partial charge < -0.3 is 5.73 Å². The van der Waals surface area contributed by atoms with Gasteiger partial charge in [0.15, 0.2) is 0 Å². The number of hydrogen-bond donors (Lipinski definition) is 1. The fourth-order valence-electron chi connectivity index (χ4n) is 1.77. The van der Waals surface area contributed by atoms with Crippen LogP contribution in [0.4, 0.5) is 8.78 Å². The summed E-state index contributed by atoms with van der Waals surface area (Å²) in [7, 11) is 0. The lowest BCUT2D eigenvalue weighted by molar-refractivity contribution is 0.0226. The lowest BCUT2D eigenvalue weighted by atomic mass is 10.00. The van der Waals surface area contributed by atoms with Crippen LogP contribution in [0.15, 0.2) is 24.3 Å². The Bertz CT molecular complexity index is 364. The van der Waals surface area contributed by atoms with Crippen molar-refractivity contribution in [2.24, 2.45) is 5.73 Å². The van der Waals surface area contributed by atoms with E-state index in [9.17, 15) is 8.78 Å². The van der Waals surface area contributed by atoms with E-state index in [1.165, 1.54) is 0 Å². The summed E-state index contributed by atoms with van der Waals surface area (Å²) >= 11 is 0. The van der Waals surface area contributed by atoms with Gasteiger partial charge in [-0.25, -0.2) is 8.78 Å². The largest absolute Gasteiger partial charge is 0.321 e. The van der Waals surface area contributed by atoms with Gasteiger partial charge in [0.25, 0.3) is 0 Å². The molecule has 1 aromatic rings. The van der Waals surface area contributed by atoms with E-state index >= 15 is 0 Å². The molecule has 1 saturated carbocycles. The van der Waals surface area contributed by atoms with E-state index in [0.29, 0.717) is 5.56 Å². The molecule has 0 spiro atoms. The van der Waals surface area contributed by atoms with Crippen molar-refractivity contribution in [3.8, 4) is 0 Å². The summed E-state index contributed by atoms with van der Waals surface area (Å²) < 4.78 is 25.6. The zero-order chi connectivity index (χ0) is 11.1. The van der Waals surface area contributed by atoms with Crippen molar-refractivity contribution in [1.29, 1.82) is 0 Å². The van der Waals surface area contributed by atoms with Crippen LogP contribution < -0.4 is 5.73 Å². The predicted octanol–water partition coefficient (Wildman–Crippen LogP) is 2.83. The molecule has 0 aliphatic heterocycles. The fourth-order valence-corrected chi connectivity index (χ4v) is 1.77. The monoisotopic (exact) mass is 211 g/mol. The molecule has 3 heteroatoms. The molecule has 2 rings (SSSR count). The topological polar surface area (TPSA) is 26.0 Å². The molecule has 82 valence electrons. The number of alkyl halides is 2. The van der Waals surface area contributed by atoms with Gasteiger partial charge in [0.2, 0.25) is 5.92 Å². The predicted molar refractivity (Wildman–Crippen MR) is 55.9 cm³/mol. The molecule has 0 atom stereocenters. The SMILES string of the molecule is CC(F)(F)Cc1cccc(C2(N)CC2)c1. The standard InChI is InChI=1S/C12H15F2N/c1-11(13,14)8-9-3-2-4-10(7-9)12(15)5-6-12/h2-4,7H,5-6,8,15H2,1H3. The lowest BCUT2D eigenvalue weighted by Gasteiger charge is -2.13. The molecule has 1 aliphatic carbocycles. The van der Waals surface area contributed by atoms with Gasteiger partial charge in [-0.15, -0.1) is 0 Å². The zero-order valence-corrected chi connectivity index (χ0v) is 8.76. The van der Waals surface area contributed by atoms with Crippen LogP contribution in [-0.2, 0) is 12.0 Å². The summed E-state index contributed by atoms with van der Waals surface area (Å²) in [6, 6.07) is 7.27. The third-order valence-electron chi connectivity index (χ3n) is 2.81. The van der Waals surface area contributed by atoms with Crippen molar-refractivity contribution in [3.63, 3.8) is 0 Å². The van der Waals surface area contributed by atoms with Crippen LogP contribution in [0.3, 0.4) is 0 Å². The highest BCUT2D eigenvalue weighted by Crippen LogP contribution is 2.42. The Labute approximate surface area is 88.3 Å². The first-order chi connectivity index (χ1) is 6.89. The Morgan fingerprint density at radius 3 is 2.60 bits per heavy atom. The Morgan fingerprint density at radius 2 is 2.07 bits per heavy atom. The molecular weight excluding hydrogens is 196 g/mol. The van der Waals surface area contributed by atoms with Crippen LogP contribution in [0.25, 0.3) is 0 Å². The number of rotatable bonds is 3. The van der Waals surface area contributed by atoms with E-state index in [1.54, 1.807) is 6.07 Å². The molecule has 0 bridgehead atoms. The molecule has 1 aromatic carbocycles. The van der Waals surface area contributed by atoms with Crippen LogP contribution in [0, 0.1) is 0 Å². The van der Waals surface area contributed by atoms with Gasteiger partial charge >= 0.3 is 0 Å². The molecule has 1 fully saturated rings. The minimum atomic E-state index is -2.65. The van der Waals surface area contributed by atoms with Gasteiger partial charge in [-0.2, -0.15) is 0 Å². The second-order valence-corrected chi connectivity index (χ2v) is 4.60. The van der Waals surface area contributed by atoms with Crippen LogP contribution in [-0.4, -0.2) is 5.92 Å². The maximum absolute atomic E-state index is 12.8. The highest BCUT2D eigenvalue weighted by atomic mass is 19.3. The van der Waals surface area contributed by atoms with E-state index in [0.717, 1.165) is 25.3 Å². The minimum absolute atomic E-state index is 0.211. The van der Waals surface area contributed by atoms with E-state index in [2.05, 4.69) is 0 Å². The summed E-state index contributed by atoms with van der Waals surface area (Å²) in [6.45, 7) is 0.939. The second-order valence-electron chi connectivity index (χ2n) is 4.60. The molecule has 0 aromatic heterocycles. The van der Waals surface area contributed by atoms with Gasteiger partial charge in [-0.05, 0) is 30.9 Å². The average molecular weight is 211 g/mol. The summed E-state index contributed by atoms with van der Waals surface area (Å²) in [6.07, 6.45) is 1.70. The highest BCUT2D eigenvalue weighted by molar-refractivity contribution is 5.33. The summed E-state index contributed by atoms with van der Waals surface area (Å²) in [5.74, 6) is -2.65. The van der Waals surface area contributed by atoms with Crippen LogP contribution in [0.5, 0.6) is 0 Å². The summed E-state index contributed by atoms with van der Waals surface area (Å²) in [5.41, 5.74) is 7.43. The number of hydrogen-bond acceptors (Lipinski definition) is 1. The molecule has 0 unspecified atom stereocenters. The first-order valence-electron chi connectivity index (χ1n) is 5.15. The lowest BCUT2D eigenvalue weighted by Crippen LogP contribution is -2.19. The van der Waals surface area contributed by atoms with E-state index in [-0.39, 0.29) is 12.0 Å².